The highest BCUT2D eigenvalue weighted by atomic mass is 16.5. The first-order valence-corrected chi connectivity index (χ1v) is 4.64. The summed E-state index contributed by atoms with van der Waals surface area (Å²) in [7, 11) is 0. The second-order valence-electron chi connectivity index (χ2n) is 2.96. The largest absolute Gasteiger partial charge is 0.460 e. The molecule has 0 bridgehead atoms. The first kappa shape index (κ1) is 13.4. The average Bonchev–Trinajstić information content (AvgIpc) is 2.20. The summed E-state index contributed by atoms with van der Waals surface area (Å²) in [6.07, 6.45) is 2.49. The molecule has 0 fully saturated rings. The summed E-state index contributed by atoms with van der Waals surface area (Å²) in [5, 5.41) is 2.40. The Morgan fingerprint density at radius 1 is 1.53 bits per heavy atom. The van der Waals surface area contributed by atoms with Crippen LogP contribution in [0.3, 0.4) is 0 Å². The van der Waals surface area contributed by atoms with Crippen LogP contribution in [0.5, 0.6) is 0 Å². The average molecular weight is 215 g/mol. The van der Waals surface area contributed by atoms with Gasteiger partial charge in [0.15, 0.2) is 0 Å². The smallest absolute Gasteiger partial charge is 0.323 e. The molecule has 0 aliphatic carbocycles. The number of ether oxygens (including phenoxy) is 1. The van der Waals surface area contributed by atoms with E-state index in [2.05, 4.69) is 11.9 Å². The van der Waals surface area contributed by atoms with Crippen LogP contribution in [-0.4, -0.2) is 31.2 Å². The van der Waals surface area contributed by atoms with Gasteiger partial charge in [0.2, 0.25) is 0 Å². The Bertz CT molecular complexity index is 231. The number of nitrogens with two attached hydrogens (primary N) is 2. The van der Waals surface area contributed by atoms with Gasteiger partial charge in [-0.1, -0.05) is 12.7 Å². The van der Waals surface area contributed by atoms with Crippen LogP contribution in [-0.2, 0) is 9.53 Å². The van der Waals surface area contributed by atoms with Crippen molar-refractivity contribution in [2.45, 2.75) is 18.9 Å². The number of carbonyl (C=O) groups excluding carboxylic acids is 2. The fraction of sp³-hybridized carbons (Fsp3) is 0.556. The number of hydrogen-bond donors (Lipinski definition) is 3. The Morgan fingerprint density at radius 2 is 2.20 bits per heavy atom. The van der Waals surface area contributed by atoms with Crippen molar-refractivity contribution in [3.8, 4) is 0 Å². The monoisotopic (exact) mass is 215 g/mol. The van der Waals surface area contributed by atoms with Gasteiger partial charge >= 0.3 is 12.0 Å². The predicted molar refractivity (Wildman–Crippen MR) is 56.0 cm³/mol. The van der Waals surface area contributed by atoms with E-state index < -0.39 is 18.0 Å². The van der Waals surface area contributed by atoms with Crippen LogP contribution in [0.2, 0.25) is 0 Å². The third-order valence-corrected chi connectivity index (χ3v) is 1.64. The molecule has 6 nitrogen and oxygen atoms in total. The molecule has 15 heavy (non-hydrogen) atoms. The number of nitrogens with one attached hydrogen (secondary N) is 1. The van der Waals surface area contributed by atoms with E-state index in [-0.39, 0.29) is 6.61 Å². The standard InChI is InChI=1S/C9H17N3O3/c1-2-6-15-8(13)7(10)4-3-5-12-9(11)14/h2,7H,1,3-6,10H2,(H3,11,12,14)/t7-/m0/s1. The molecular weight excluding hydrogens is 198 g/mol. The molecule has 0 spiro atoms. The molecule has 1 atom stereocenters. The highest BCUT2D eigenvalue weighted by Gasteiger charge is 2.13. The van der Waals surface area contributed by atoms with E-state index in [0.29, 0.717) is 19.4 Å². The lowest BCUT2D eigenvalue weighted by Gasteiger charge is -2.10. The van der Waals surface area contributed by atoms with E-state index in [1.54, 1.807) is 0 Å². The summed E-state index contributed by atoms with van der Waals surface area (Å²) < 4.78 is 4.74. The first-order chi connectivity index (χ1) is 7.07. The molecule has 0 saturated heterocycles. The molecule has 0 aromatic carbocycles. The Morgan fingerprint density at radius 3 is 2.73 bits per heavy atom. The molecule has 0 aromatic rings. The van der Waals surface area contributed by atoms with Crippen LogP contribution < -0.4 is 16.8 Å². The summed E-state index contributed by atoms with van der Waals surface area (Å²) in [4.78, 5) is 21.4. The normalized spacial score (nSPS) is 11.5. The van der Waals surface area contributed by atoms with Gasteiger partial charge in [-0.2, -0.15) is 0 Å². The molecule has 5 N–H and O–H groups in total. The first-order valence-electron chi connectivity index (χ1n) is 4.64. The van der Waals surface area contributed by atoms with Crippen molar-refractivity contribution in [3.05, 3.63) is 12.7 Å². The minimum Gasteiger partial charge on any atom is -0.460 e. The van der Waals surface area contributed by atoms with Crippen LogP contribution in [0.4, 0.5) is 4.79 Å². The Labute approximate surface area is 88.6 Å². The van der Waals surface area contributed by atoms with Gasteiger partial charge in [0.05, 0.1) is 0 Å². The maximum absolute atomic E-state index is 11.1. The Balaban J connectivity index is 3.54. The maximum Gasteiger partial charge on any atom is 0.323 e. The van der Waals surface area contributed by atoms with Gasteiger partial charge in [0.1, 0.15) is 12.6 Å². The van der Waals surface area contributed by atoms with E-state index in [9.17, 15) is 9.59 Å². The highest BCUT2D eigenvalue weighted by molar-refractivity contribution is 5.75. The van der Waals surface area contributed by atoms with E-state index >= 15 is 0 Å². The zero-order chi connectivity index (χ0) is 11.7. The van der Waals surface area contributed by atoms with Gasteiger partial charge < -0.3 is 21.5 Å². The van der Waals surface area contributed by atoms with Gasteiger partial charge in [0, 0.05) is 6.54 Å². The van der Waals surface area contributed by atoms with Crippen LogP contribution >= 0.6 is 0 Å². The van der Waals surface area contributed by atoms with Gasteiger partial charge in [-0.05, 0) is 12.8 Å². The van der Waals surface area contributed by atoms with E-state index in [4.69, 9.17) is 16.2 Å². The molecule has 0 aliphatic rings. The van der Waals surface area contributed by atoms with Crippen molar-refractivity contribution < 1.29 is 14.3 Å². The van der Waals surface area contributed by atoms with E-state index in [1.165, 1.54) is 6.08 Å². The summed E-state index contributed by atoms with van der Waals surface area (Å²) in [5.41, 5.74) is 10.4. The number of amides is 2. The van der Waals surface area contributed by atoms with Crippen molar-refractivity contribution in [1.82, 2.24) is 5.32 Å². The fourth-order valence-corrected chi connectivity index (χ4v) is 0.900. The second-order valence-corrected chi connectivity index (χ2v) is 2.96. The molecule has 2 amide bonds. The molecule has 0 radical (unpaired) electrons. The SMILES string of the molecule is C=CCOC(=O)[C@@H](N)CCCNC(N)=O. The predicted octanol–water partition coefficient (Wildman–Crippen LogP) is -0.509. The highest BCUT2D eigenvalue weighted by Crippen LogP contribution is 1.96. The maximum atomic E-state index is 11.1. The molecule has 0 aliphatic heterocycles. The quantitative estimate of drug-likeness (QED) is 0.302. The lowest BCUT2D eigenvalue weighted by molar-refractivity contribution is -0.144. The number of esters is 1. The minimum absolute atomic E-state index is 0.159. The number of rotatable bonds is 7. The summed E-state index contributed by atoms with van der Waals surface area (Å²) in [6, 6.07) is -1.25. The van der Waals surface area contributed by atoms with Crippen LogP contribution in [0.1, 0.15) is 12.8 Å². The number of primary amides is 1. The van der Waals surface area contributed by atoms with Gasteiger partial charge in [-0.3, -0.25) is 4.79 Å². The Kier molecular flexibility index (Phi) is 7.00. The van der Waals surface area contributed by atoms with Gasteiger partial charge in [-0.15, -0.1) is 0 Å². The molecule has 0 heterocycles. The van der Waals surface area contributed by atoms with E-state index in [0.717, 1.165) is 0 Å². The van der Waals surface area contributed by atoms with Crippen LogP contribution in [0.15, 0.2) is 12.7 Å². The van der Waals surface area contributed by atoms with E-state index in [1.807, 2.05) is 0 Å². The lowest BCUT2D eigenvalue weighted by Crippen LogP contribution is -2.34. The molecule has 0 saturated carbocycles. The minimum atomic E-state index is -0.667. The third kappa shape index (κ3) is 7.51. The number of hydrogen-bond acceptors (Lipinski definition) is 4. The zero-order valence-electron chi connectivity index (χ0n) is 8.57. The van der Waals surface area contributed by atoms with Gasteiger partial charge in [0.25, 0.3) is 0 Å². The third-order valence-electron chi connectivity index (χ3n) is 1.64. The summed E-state index contributed by atoms with van der Waals surface area (Å²) >= 11 is 0. The molecule has 0 rings (SSSR count). The van der Waals surface area contributed by atoms with Gasteiger partial charge in [-0.25, -0.2) is 4.79 Å². The topological polar surface area (TPSA) is 107 Å². The molecular formula is C9H17N3O3. The molecule has 86 valence electrons. The van der Waals surface area contributed by atoms with Crippen molar-refractivity contribution in [1.29, 1.82) is 0 Å². The number of urea groups is 1. The second kappa shape index (κ2) is 7.81. The van der Waals surface area contributed by atoms with Crippen molar-refractivity contribution in [2.75, 3.05) is 13.2 Å². The molecule has 0 unspecified atom stereocenters. The van der Waals surface area contributed by atoms with Crippen LogP contribution in [0, 0.1) is 0 Å². The zero-order valence-corrected chi connectivity index (χ0v) is 8.57. The van der Waals surface area contributed by atoms with Crippen molar-refractivity contribution >= 4 is 12.0 Å². The lowest BCUT2D eigenvalue weighted by atomic mass is 10.2. The fourth-order valence-electron chi connectivity index (χ4n) is 0.900. The molecule has 0 aromatic heterocycles. The summed E-state index contributed by atoms with van der Waals surface area (Å²) in [5.74, 6) is -0.464. The number of carbonyl (C=O) groups is 2. The Hall–Kier alpha value is -1.56. The molecule has 6 heteroatoms. The van der Waals surface area contributed by atoms with Crippen molar-refractivity contribution in [2.24, 2.45) is 11.5 Å². The van der Waals surface area contributed by atoms with Crippen molar-refractivity contribution in [3.63, 3.8) is 0 Å². The van der Waals surface area contributed by atoms with Crippen LogP contribution in [0.25, 0.3) is 0 Å². The summed E-state index contributed by atoms with van der Waals surface area (Å²) in [6.45, 7) is 3.97.